The lowest BCUT2D eigenvalue weighted by atomic mass is 9.96. The van der Waals surface area contributed by atoms with Crippen LogP contribution >= 0.6 is 0 Å². The average molecular weight is 490 g/mol. The fraction of sp³-hybridized carbons (Fsp3) is 0.323. The summed E-state index contributed by atoms with van der Waals surface area (Å²) in [4.78, 5) is 17.9. The van der Waals surface area contributed by atoms with Crippen molar-refractivity contribution in [2.24, 2.45) is 0 Å². The van der Waals surface area contributed by atoms with E-state index in [1.807, 2.05) is 54.6 Å². The molecule has 0 spiro atoms. The van der Waals surface area contributed by atoms with Crippen LogP contribution in [0.4, 0.5) is 0 Å². The molecule has 2 aliphatic rings. The molecule has 5 rings (SSSR count). The summed E-state index contributed by atoms with van der Waals surface area (Å²) in [6.07, 6.45) is 2.85. The Labute approximate surface area is 218 Å². The van der Waals surface area contributed by atoms with Gasteiger partial charge in [0.25, 0.3) is 5.91 Å². The van der Waals surface area contributed by atoms with Crippen LogP contribution in [0.2, 0.25) is 0 Å². The van der Waals surface area contributed by atoms with Gasteiger partial charge in [0.05, 0.1) is 23.3 Å². The van der Waals surface area contributed by atoms with Crippen LogP contribution in [0.3, 0.4) is 0 Å². The van der Waals surface area contributed by atoms with Gasteiger partial charge in [-0.3, -0.25) is 14.6 Å². The number of piperidine rings is 1. The molecule has 3 aromatic rings. The highest BCUT2D eigenvalue weighted by atomic mass is 16.1. The van der Waals surface area contributed by atoms with Crippen LogP contribution in [0, 0.1) is 22.7 Å². The normalized spacial score (nSPS) is 16.4. The molecule has 0 bridgehead atoms. The molecule has 1 amide bonds. The molecule has 6 heteroatoms. The monoisotopic (exact) mass is 489 g/mol. The summed E-state index contributed by atoms with van der Waals surface area (Å²) in [6, 6.07) is 26.2. The fourth-order valence-corrected chi connectivity index (χ4v) is 5.28. The number of hydrogen-bond donors (Lipinski definition) is 1. The molecule has 0 aromatic heterocycles. The second-order valence-electron chi connectivity index (χ2n) is 10.1. The zero-order chi connectivity index (χ0) is 25.6. The smallest absolute Gasteiger partial charge is 0.251 e. The number of carbonyl (C=O) groups excluding carboxylic acids is 1. The molecule has 2 heterocycles. The first-order valence-corrected chi connectivity index (χ1v) is 12.9. The maximum absolute atomic E-state index is 13.1. The SMILES string of the molecule is N#Cc1ccc(CN2CCC(NC(=O)c3ccc4c(c3)CN(Cc3ccc(C#N)cc3)CC4)CC2)cc1. The minimum Gasteiger partial charge on any atom is -0.349 e. The molecular weight excluding hydrogens is 458 g/mol. The van der Waals surface area contributed by atoms with Crippen molar-refractivity contribution in [1.29, 1.82) is 10.5 Å². The van der Waals surface area contributed by atoms with Crippen molar-refractivity contribution in [1.82, 2.24) is 15.1 Å². The number of amides is 1. The molecule has 0 unspecified atom stereocenters. The van der Waals surface area contributed by atoms with Crippen LogP contribution in [0.1, 0.15) is 56.6 Å². The number of rotatable bonds is 6. The number of fused-ring (bicyclic) bond motifs is 1. The van der Waals surface area contributed by atoms with Crippen molar-refractivity contribution < 1.29 is 4.79 Å². The molecule has 6 nitrogen and oxygen atoms in total. The van der Waals surface area contributed by atoms with Gasteiger partial charge in [0.1, 0.15) is 0 Å². The van der Waals surface area contributed by atoms with E-state index in [4.69, 9.17) is 10.5 Å². The number of hydrogen-bond acceptors (Lipinski definition) is 5. The molecule has 3 aromatic carbocycles. The lowest BCUT2D eigenvalue weighted by Gasteiger charge is -2.32. The molecule has 0 radical (unpaired) electrons. The van der Waals surface area contributed by atoms with Gasteiger partial charge >= 0.3 is 0 Å². The summed E-state index contributed by atoms with van der Waals surface area (Å²) in [5.74, 6) is 0.0116. The van der Waals surface area contributed by atoms with Gasteiger partial charge in [-0.15, -0.1) is 0 Å². The molecule has 0 aliphatic carbocycles. The van der Waals surface area contributed by atoms with Gasteiger partial charge in [0, 0.05) is 50.9 Å². The summed E-state index contributed by atoms with van der Waals surface area (Å²) in [7, 11) is 0. The van der Waals surface area contributed by atoms with Gasteiger partial charge in [-0.25, -0.2) is 0 Å². The molecular formula is C31H31N5O. The fourth-order valence-electron chi connectivity index (χ4n) is 5.28. The van der Waals surface area contributed by atoms with Crippen molar-refractivity contribution in [2.75, 3.05) is 19.6 Å². The Morgan fingerprint density at radius 1 is 0.784 bits per heavy atom. The van der Waals surface area contributed by atoms with Gasteiger partial charge < -0.3 is 5.32 Å². The molecule has 2 aliphatic heterocycles. The molecule has 0 atom stereocenters. The summed E-state index contributed by atoms with van der Waals surface area (Å²) < 4.78 is 0. The van der Waals surface area contributed by atoms with E-state index < -0.39 is 0 Å². The van der Waals surface area contributed by atoms with E-state index in [2.05, 4.69) is 39.4 Å². The zero-order valence-corrected chi connectivity index (χ0v) is 21.0. The largest absolute Gasteiger partial charge is 0.349 e. The maximum Gasteiger partial charge on any atom is 0.251 e. The molecule has 1 saturated heterocycles. The second kappa shape index (κ2) is 11.4. The number of nitrogens with zero attached hydrogens (tertiary/aromatic N) is 4. The lowest BCUT2D eigenvalue weighted by molar-refractivity contribution is 0.0908. The molecule has 0 saturated carbocycles. The first-order valence-electron chi connectivity index (χ1n) is 12.9. The molecule has 1 N–H and O–H groups in total. The van der Waals surface area contributed by atoms with E-state index in [-0.39, 0.29) is 11.9 Å². The highest BCUT2D eigenvalue weighted by molar-refractivity contribution is 5.94. The van der Waals surface area contributed by atoms with E-state index in [1.54, 1.807) is 0 Å². The maximum atomic E-state index is 13.1. The van der Waals surface area contributed by atoms with Gasteiger partial charge in [0.15, 0.2) is 0 Å². The predicted molar refractivity (Wildman–Crippen MR) is 142 cm³/mol. The predicted octanol–water partition coefficient (Wildman–Crippen LogP) is 4.38. The Morgan fingerprint density at radius 2 is 1.38 bits per heavy atom. The Balaban J connectivity index is 1.13. The van der Waals surface area contributed by atoms with Gasteiger partial charge in [-0.1, -0.05) is 30.3 Å². The third kappa shape index (κ3) is 6.24. The first-order chi connectivity index (χ1) is 18.1. The quantitative estimate of drug-likeness (QED) is 0.556. The molecule has 37 heavy (non-hydrogen) atoms. The van der Waals surface area contributed by atoms with Gasteiger partial charge in [-0.2, -0.15) is 10.5 Å². The van der Waals surface area contributed by atoms with Gasteiger partial charge in [0.2, 0.25) is 0 Å². The Kier molecular flexibility index (Phi) is 7.61. The lowest BCUT2D eigenvalue weighted by Crippen LogP contribution is -2.44. The molecule has 1 fully saturated rings. The van der Waals surface area contributed by atoms with E-state index in [0.29, 0.717) is 11.1 Å². The third-order valence-electron chi connectivity index (χ3n) is 7.46. The van der Waals surface area contributed by atoms with E-state index >= 15 is 0 Å². The van der Waals surface area contributed by atoms with Gasteiger partial charge in [-0.05, 0) is 77.9 Å². The Morgan fingerprint density at radius 3 is 1.97 bits per heavy atom. The third-order valence-corrected chi connectivity index (χ3v) is 7.46. The zero-order valence-electron chi connectivity index (χ0n) is 21.0. The van der Waals surface area contributed by atoms with Crippen molar-refractivity contribution >= 4 is 5.91 Å². The summed E-state index contributed by atoms with van der Waals surface area (Å²) in [5.41, 5.74) is 7.06. The van der Waals surface area contributed by atoms with E-state index in [0.717, 1.165) is 64.1 Å². The number of nitriles is 2. The van der Waals surface area contributed by atoms with Crippen molar-refractivity contribution in [3.05, 3.63) is 106 Å². The van der Waals surface area contributed by atoms with Crippen LogP contribution in [-0.2, 0) is 26.1 Å². The van der Waals surface area contributed by atoms with Crippen molar-refractivity contribution in [2.45, 2.75) is 44.9 Å². The van der Waals surface area contributed by atoms with Crippen LogP contribution < -0.4 is 5.32 Å². The number of benzene rings is 3. The topological polar surface area (TPSA) is 83.2 Å². The van der Waals surface area contributed by atoms with E-state index in [1.165, 1.54) is 22.3 Å². The average Bonchev–Trinajstić information content (AvgIpc) is 2.94. The first kappa shape index (κ1) is 24.7. The highest BCUT2D eigenvalue weighted by Crippen LogP contribution is 2.23. The Hall–Kier alpha value is -3.97. The minimum atomic E-state index is 0.0116. The van der Waals surface area contributed by atoms with Crippen LogP contribution in [0.25, 0.3) is 0 Å². The second-order valence-corrected chi connectivity index (χ2v) is 10.1. The van der Waals surface area contributed by atoms with Crippen LogP contribution in [0.5, 0.6) is 0 Å². The highest BCUT2D eigenvalue weighted by Gasteiger charge is 2.23. The van der Waals surface area contributed by atoms with Crippen molar-refractivity contribution in [3.63, 3.8) is 0 Å². The summed E-state index contributed by atoms with van der Waals surface area (Å²) >= 11 is 0. The van der Waals surface area contributed by atoms with Crippen molar-refractivity contribution in [3.8, 4) is 12.1 Å². The standard InChI is InChI=1S/C31H31N5O/c32-18-23-1-5-25(6-2-23)20-35-15-12-30(13-16-35)34-31(37)28-10-9-27-11-14-36(22-29(27)17-28)21-26-7-3-24(19-33)4-8-26/h1-10,17,30H,11-16,20-22H2,(H,34,37). The Bertz CT molecular complexity index is 1330. The number of nitrogens with one attached hydrogen (secondary N) is 1. The number of likely N-dealkylation sites (tertiary alicyclic amines) is 1. The number of carbonyl (C=O) groups is 1. The summed E-state index contributed by atoms with van der Waals surface area (Å²) in [6.45, 7) is 5.40. The van der Waals surface area contributed by atoms with Crippen LogP contribution in [-0.4, -0.2) is 41.4 Å². The minimum absolute atomic E-state index is 0.0116. The molecule has 186 valence electrons. The van der Waals surface area contributed by atoms with Crippen LogP contribution in [0.15, 0.2) is 66.7 Å². The van der Waals surface area contributed by atoms with E-state index in [9.17, 15) is 4.79 Å². The summed E-state index contributed by atoms with van der Waals surface area (Å²) in [5, 5.41) is 21.2.